The quantitative estimate of drug-likeness (QED) is 0.0212. The summed E-state index contributed by atoms with van der Waals surface area (Å²) in [5, 5.41) is 3.02. The van der Waals surface area contributed by atoms with E-state index in [2.05, 4.69) is 111 Å². The lowest BCUT2D eigenvalue weighted by Crippen LogP contribution is -2.47. The van der Waals surface area contributed by atoms with Gasteiger partial charge in [-0.05, 0) is 115 Å². The summed E-state index contributed by atoms with van der Waals surface area (Å²) in [6.45, 7) is 6.77. The number of amides is 1. The molecule has 0 aromatic carbocycles. The predicted octanol–water partition coefficient (Wildman–Crippen LogP) is 19.7. The van der Waals surface area contributed by atoms with Crippen LogP contribution in [0.1, 0.15) is 278 Å². The van der Waals surface area contributed by atoms with Crippen molar-refractivity contribution in [1.29, 1.82) is 0 Å². The summed E-state index contributed by atoms with van der Waals surface area (Å²) in [5.41, 5.74) is 0. The molecular weight excluding hydrogens is 1000 g/mol. The molecule has 456 valence electrons. The van der Waals surface area contributed by atoms with Gasteiger partial charge in [-0.1, -0.05) is 247 Å². The summed E-state index contributed by atoms with van der Waals surface area (Å²) in [5.74, 6) is -0.579. The molecule has 0 heterocycles. The van der Waals surface area contributed by atoms with Crippen molar-refractivity contribution in [3.63, 3.8) is 0 Å². The van der Waals surface area contributed by atoms with E-state index < -0.39 is 26.6 Å². The minimum atomic E-state index is -4.72. The number of hydrogen-bond acceptors (Lipinski definition) is 7. The minimum Gasteiger partial charge on any atom is -0.756 e. The van der Waals surface area contributed by atoms with Gasteiger partial charge in [0.2, 0.25) is 5.91 Å². The Morgan fingerprint density at radius 2 is 0.772 bits per heavy atom. The van der Waals surface area contributed by atoms with Crippen molar-refractivity contribution in [2.45, 2.75) is 290 Å². The van der Waals surface area contributed by atoms with Gasteiger partial charge in [0.05, 0.1) is 33.8 Å². The zero-order chi connectivity index (χ0) is 57.9. The third kappa shape index (κ3) is 59.4. The lowest BCUT2D eigenvalue weighted by molar-refractivity contribution is -0.870. The normalized spacial score (nSPS) is 14.3. The van der Waals surface area contributed by atoms with E-state index in [0.29, 0.717) is 23.9 Å². The van der Waals surface area contributed by atoms with Crippen LogP contribution in [0.3, 0.4) is 0 Å². The molecule has 0 aliphatic rings. The molecule has 0 saturated carbocycles. The van der Waals surface area contributed by atoms with Gasteiger partial charge in [0.15, 0.2) is 0 Å². The average molecular weight is 1120 g/mol. The molecule has 0 saturated heterocycles. The molecule has 0 rings (SSSR count). The standard InChI is InChI=1S/C69H123N2O7P/c1-7-10-13-16-19-22-25-28-30-32-33-34-35-36-37-39-40-43-46-49-52-55-58-61-68(72)70-66(65-77-79(74,75)76-64-63-71(4,5)6)67(60-57-54-51-48-45-42-27-24-21-18-15-12-9-3)78-69(73)62-59-56-53-50-47-44-41-38-31-29-26-23-20-17-14-11-8-2/h19-20,22-23,28-31,33-34,36-37,41,44,57,60,66-67H,7-18,21,24-27,32,35,38-40,42-43,45-56,58-59,61-65H2,1-6H3,(H-,70,72,74,75)/b22-19-,23-20-,30-28-,31-29-,34-33-,37-36-,44-41-,60-57-. The van der Waals surface area contributed by atoms with Crippen molar-refractivity contribution in [2.24, 2.45) is 0 Å². The number of phosphoric ester groups is 1. The minimum absolute atomic E-state index is 0.0328. The number of carbonyl (C=O) groups excluding carboxylic acids is 2. The van der Waals surface area contributed by atoms with Crippen LogP contribution in [0, 0.1) is 0 Å². The maximum absolute atomic E-state index is 13.6. The lowest BCUT2D eigenvalue weighted by atomic mass is 10.0. The molecule has 79 heavy (non-hydrogen) atoms. The van der Waals surface area contributed by atoms with E-state index >= 15 is 0 Å². The van der Waals surface area contributed by atoms with Crippen LogP contribution in [-0.2, 0) is 27.9 Å². The average Bonchev–Trinajstić information content (AvgIpc) is 3.41. The van der Waals surface area contributed by atoms with Crippen LogP contribution in [0.2, 0.25) is 0 Å². The fraction of sp³-hybridized carbons (Fsp3) is 0.739. The Kier molecular flexibility index (Phi) is 55.9. The van der Waals surface area contributed by atoms with Crippen LogP contribution < -0.4 is 10.2 Å². The van der Waals surface area contributed by atoms with Crippen LogP contribution in [-0.4, -0.2) is 69.4 Å². The number of likely N-dealkylation sites (N-methyl/N-ethyl adjacent to an activating group) is 1. The number of nitrogens with zero attached hydrogens (tertiary/aromatic N) is 1. The van der Waals surface area contributed by atoms with Gasteiger partial charge in [0.1, 0.15) is 19.3 Å². The van der Waals surface area contributed by atoms with E-state index in [1.54, 1.807) is 0 Å². The first-order valence-corrected chi connectivity index (χ1v) is 34.0. The summed E-state index contributed by atoms with van der Waals surface area (Å²) < 4.78 is 30.3. The third-order valence-electron chi connectivity index (χ3n) is 14.0. The largest absolute Gasteiger partial charge is 0.756 e. The highest BCUT2D eigenvalue weighted by Crippen LogP contribution is 2.38. The van der Waals surface area contributed by atoms with Crippen LogP contribution >= 0.6 is 7.82 Å². The third-order valence-corrected chi connectivity index (χ3v) is 15.0. The number of nitrogens with one attached hydrogen (secondary N) is 1. The van der Waals surface area contributed by atoms with Crippen LogP contribution in [0.4, 0.5) is 0 Å². The van der Waals surface area contributed by atoms with E-state index in [-0.39, 0.29) is 24.9 Å². The van der Waals surface area contributed by atoms with Gasteiger partial charge in [-0.15, -0.1) is 0 Å². The lowest BCUT2D eigenvalue weighted by Gasteiger charge is -2.30. The number of ether oxygens (including phenoxy) is 1. The fourth-order valence-corrected chi connectivity index (χ4v) is 9.65. The smallest absolute Gasteiger partial charge is 0.306 e. The van der Waals surface area contributed by atoms with Gasteiger partial charge in [-0.25, -0.2) is 0 Å². The molecule has 0 fully saturated rings. The van der Waals surface area contributed by atoms with E-state index in [9.17, 15) is 19.0 Å². The first-order chi connectivity index (χ1) is 38.4. The number of rotatable bonds is 58. The van der Waals surface area contributed by atoms with E-state index in [1.165, 1.54) is 128 Å². The van der Waals surface area contributed by atoms with Crippen LogP contribution in [0.25, 0.3) is 0 Å². The topological polar surface area (TPSA) is 114 Å². The zero-order valence-corrected chi connectivity index (χ0v) is 52.9. The molecule has 3 atom stereocenters. The molecule has 0 aliphatic heterocycles. The van der Waals surface area contributed by atoms with Crippen LogP contribution in [0.5, 0.6) is 0 Å². The van der Waals surface area contributed by atoms with Crippen molar-refractivity contribution in [2.75, 3.05) is 40.9 Å². The van der Waals surface area contributed by atoms with Gasteiger partial charge in [0.25, 0.3) is 7.82 Å². The monoisotopic (exact) mass is 1120 g/mol. The maximum atomic E-state index is 13.6. The van der Waals surface area contributed by atoms with E-state index in [0.717, 1.165) is 109 Å². The van der Waals surface area contributed by atoms with E-state index in [1.807, 2.05) is 33.3 Å². The first-order valence-electron chi connectivity index (χ1n) is 32.5. The summed E-state index contributed by atoms with van der Waals surface area (Å²) in [4.78, 5) is 40.1. The SMILES string of the molecule is CCCCC/C=C\C/C=C\C/C=C\C/C=C\CCCCCCCCCC(=O)NC(COP(=O)([O-])OCC[N+](C)(C)C)C(/C=C\CCCCCCCCCCCCC)OC(=O)CCCCCC/C=C\C/C=C\C/C=C\CCCCC. The molecule has 0 radical (unpaired) electrons. The van der Waals surface area contributed by atoms with Gasteiger partial charge in [-0.2, -0.15) is 0 Å². The number of esters is 1. The van der Waals surface area contributed by atoms with Crippen molar-refractivity contribution in [3.8, 4) is 0 Å². The van der Waals surface area contributed by atoms with Gasteiger partial charge < -0.3 is 28.5 Å². The van der Waals surface area contributed by atoms with Crippen LogP contribution in [0.15, 0.2) is 97.2 Å². The zero-order valence-electron chi connectivity index (χ0n) is 52.1. The molecule has 0 aromatic heterocycles. The Labute approximate surface area is 488 Å². The Morgan fingerprint density at radius 3 is 1.18 bits per heavy atom. The molecule has 10 heteroatoms. The van der Waals surface area contributed by atoms with Gasteiger partial charge in [0, 0.05) is 12.8 Å². The van der Waals surface area contributed by atoms with Crippen molar-refractivity contribution in [1.82, 2.24) is 5.32 Å². The van der Waals surface area contributed by atoms with Crippen molar-refractivity contribution < 1.29 is 37.3 Å². The number of allylic oxidation sites excluding steroid dienone is 15. The molecule has 1 amide bonds. The second-order valence-corrected chi connectivity index (χ2v) is 24.3. The Bertz CT molecular complexity index is 1670. The van der Waals surface area contributed by atoms with Gasteiger partial charge >= 0.3 is 5.97 Å². The van der Waals surface area contributed by atoms with Crippen molar-refractivity contribution >= 4 is 19.7 Å². The second kappa shape index (κ2) is 58.1. The number of hydrogen-bond donors (Lipinski definition) is 1. The molecule has 1 N–H and O–H groups in total. The number of unbranched alkanes of at least 4 members (excludes halogenated alkanes) is 28. The molecular formula is C69H123N2O7P. The number of phosphoric acid groups is 1. The highest BCUT2D eigenvalue weighted by molar-refractivity contribution is 7.45. The molecule has 0 aromatic rings. The summed E-state index contributed by atoms with van der Waals surface area (Å²) >= 11 is 0. The predicted molar refractivity (Wildman–Crippen MR) is 339 cm³/mol. The molecule has 0 spiro atoms. The van der Waals surface area contributed by atoms with E-state index in [4.69, 9.17) is 13.8 Å². The summed E-state index contributed by atoms with van der Waals surface area (Å²) in [7, 11) is 1.15. The summed E-state index contributed by atoms with van der Waals surface area (Å²) in [6, 6.07) is -0.910. The summed E-state index contributed by atoms with van der Waals surface area (Å²) in [6.07, 6.45) is 77.9. The highest BCUT2D eigenvalue weighted by atomic mass is 31.2. The second-order valence-electron chi connectivity index (χ2n) is 22.9. The fourth-order valence-electron chi connectivity index (χ4n) is 8.92. The Balaban J connectivity index is 5.29. The molecule has 0 aliphatic carbocycles. The Morgan fingerprint density at radius 1 is 0.443 bits per heavy atom. The molecule has 0 bridgehead atoms. The van der Waals surface area contributed by atoms with Crippen molar-refractivity contribution in [3.05, 3.63) is 97.2 Å². The molecule has 3 unspecified atom stereocenters. The highest BCUT2D eigenvalue weighted by Gasteiger charge is 2.27. The number of carbonyl (C=O) groups is 2. The number of quaternary nitrogens is 1. The first kappa shape index (κ1) is 75.9. The molecule has 9 nitrogen and oxygen atoms in total. The van der Waals surface area contributed by atoms with Gasteiger partial charge in [-0.3, -0.25) is 14.2 Å². The Hall–Kier alpha value is -3.07. The maximum Gasteiger partial charge on any atom is 0.306 e.